The van der Waals surface area contributed by atoms with Gasteiger partial charge in [-0.25, -0.2) is 0 Å². The Labute approximate surface area is 110 Å². The molecule has 1 saturated heterocycles. The van der Waals surface area contributed by atoms with Gasteiger partial charge in [0.2, 0.25) is 0 Å². The summed E-state index contributed by atoms with van der Waals surface area (Å²) in [5.41, 5.74) is 1.35. The van der Waals surface area contributed by atoms with Gasteiger partial charge < -0.3 is 10.0 Å². The molecule has 1 aliphatic heterocycles. The highest BCUT2D eigenvalue weighted by Gasteiger charge is 2.27. The fraction of sp³-hybridized carbons (Fsp3) is 0.600. The number of aliphatic hydroxyl groups is 1. The molecule has 1 aromatic carbocycles. The normalized spacial score (nSPS) is 24.1. The smallest absolute Gasteiger partial charge is 0.0664 e. The van der Waals surface area contributed by atoms with Gasteiger partial charge in [0.1, 0.15) is 0 Å². The van der Waals surface area contributed by atoms with Crippen LogP contribution in [0.3, 0.4) is 0 Å². The van der Waals surface area contributed by atoms with Crippen molar-refractivity contribution in [1.29, 1.82) is 0 Å². The molecule has 0 bridgehead atoms. The SMILES string of the molecule is CC[C@@H](O)CN1CCN(C)CC1c1ccccc1. The van der Waals surface area contributed by atoms with Crippen LogP contribution in [0.15, 0.2) is 30.3 Å². The molecule has 1 unspecified atom stereocenters. The average molecular weight is 248 g/mol. The van der Waals surface area contributed by atoms with Gasteiger partial charge in [-0.1, -0.05) is 37.3 Å². The molecular weight excluding hydrogens is 224 g/mol. The van der Waals surface area contributed by atoms with E-state index in [-0.39, 0.29) is 6.10 Å². The number of likely N-dealkylation sites (N-methyl/N-ethyl adjacent to an activating group) is 1. The highest BCUT2D eigenvalue weighted by atomic mass is 16.3. The molecule has 0 amide bonds. The number of benzene rings is 1. The van der Waals surface area contributed by atoms with Crippen molar-refractivity contribution in [2.75, 3.05) is 33.2 Å². The third kappa shape index (κ3) is 3.31. The lowest BCUT2D eigenvalue weighted by Crippen LogP contribution is -2.49. The minimum Gasteiger partial charge on any atom is -0.392 e. The lowest BCUT2D eigenvalue weighted by Gasteiger charge is -2.41. The molecular formula is C15H24N2O. The first-order valence-electron chi connectivity index (χ1n) is 6.86. The number of hydrogen-bond acceptors (Lipinski definition) is 3. The van der Waals surface area contributed by atoms with E-state index >= 15 is 0 Å². The fourth-order valence-corrected chi connectivity index (χ4v) is 2.57. The zero-order chi connectivity index (χ0) is 13.0. The molecule has 0 radical (unpaired) electrons. The largest absolute Gasteiger partial charge is 0.392 e. The van der Waals surface area contributed by atoms with Crippen LogP contribution in [-0.4, -0.2) is 54.2 Å². The molecule has 0 spiro atoms. The van der Waals surface area contributed by atoms with Crippen molar-refractivity contribution in [2.45, 2.75) is 25.5 Å². The number of rotatable bonds is 4. The van der Waals surface area contributed by atoms with E-state index in [1.165, 1.54) is 5.56 Å². The van der Waals surface area contributed by atoms with Crippen LogP contribution >= 0.6 is 0 Å². The molecule has 18 heavy (non-hydrogen) atoms. The van der Waals surface area contributed by atoms with Crippen molar-refractivity contribution in [1.82, 2.24) is 9.80 Å². The summed E-state index contributed by atoms with van der Waals surface area (Å²) in [6.07, 6.45) is 0.619. The molecule has 3 nitrogen and oxygen atoms in total. The molecule has 0 aromatic heterocycles. The minimum atomic E-state index is -0.209. The monoisotopic (exact) mass is 248 g/mol. The van der Waals surface area contributed by atoms with Crippen LogP contribution in [-0.2, 0) is 0 Å². The lowest BCUT2D eigenvalue weighted by molar-refractivity contribution is 0.0393. The van der Waals surface area contributed by atoms with Crippen molar-refractivity contribution in [3.63, 3.8) is 0 Å². The second kappa shape index (κ2) is 6.32. The Hall–Kier alpha value is -0.900. The Kier molecular flexibility index (Phi) is 4.75. The minimum absolute atomic E-state index is 0.209. The summed E-state index contributed by atoms with van der Waals surface area (Å²) in [5, 5.41) is 9.89. The van der Waals surface area contributed by atoms with Gasteiger partial charge in [0, 0.05) is 32.2 Å². The second-order valence-corrected chi connectivity index (χ2v) is 5.25. The average Bonchev–Trinajstić information content (AvgIpc) is 2.41. The van der Waals surface area contributed by atoms with Gasteiger partial charge in [-0.2, -0.15) is 0 Å². The molecule has 0 saturated carbocycles. The molecule has 0 aliphatic carbocycles. The topological polar surface area (TPSA) is 26.7 Å². The summed E-state index contributed by atoms with van der Waals surface area (Å²) in [5.74, 6) is 0. The van der Waals surface area contributed by atoms with E-state index < -0.39 is 0 Å². The van der Waals surface area contributed by atoms with E-state index in [2.05, 4.69) is 47.2 Å². The van der Waals surface area contributed by atoms with Gasteiger partial charge in [-0.15, -0.1) is 0 Å². The highest BCUT2D eigenvalue weighted by molar-refractivity contribution is 5.20. The fourth-order valence-electron chi connectivity index (χ4n) is 2.57. The molecule has 1 heterocycles. The maximum Gasteiger partial charge on any atom is 0.0664 e. The summed E-state index contributed by atoms with van der Waals surface area (Å²) in [6.45, 7) is 5.98. The summed E-state index contributed by atoms with van der Waals surface area (Å²) < 4.78 is 0. The van der Waals surface area contributed by atoms with E-state index in [0.717, 1.165) is 32.6 Å². The van der Waals surface area contributed by atoms with Gasteiger partial charge in [0.25, 0.3) is 0 Å². The summed E-state index contributed by atoms with van der Waals surface area (Å²) in [6, 6.07) is 11.0. The van der Waals surface area contributed by atoms with Crippen LogP contribution in [0.2, 0.25) is 0 Å². The number of nitrogens with zero attached hydrogens (tertiary/aromatic N) is 2. The highest BCUT2D eigenvalue weighted by Crippen LogP contribution is 2.24. The van der Waals surface area contributed by atoms with E-state index in [0.29, 0.717) is 6.04 Å². The quantitative estimate of drug-likeness (QED) is 0.879. The standard InChI is InChI=1S/C15H24N2O/c1-3-14(18)11-17-10-9-16(2)12-15(17)13-7-5-4-6-8-13/h4-8,14-15,18H,3,9-12H2,1-2H3/t14-,15?/m1/s1. The first-order chi connectivity index (χ1) is 8.70. The Morgan fingerprint density at radius 3 is 2.67 bits per heavy atom. The van der Waals surface area contributed by atoms with Crippen molar-refractivity contribution < 1.29 is 5.11 Å². The third-order valence-electron chi connectivity index (χ3n) is 3.80. The van der Waals surface area contributed by atoms with E-state index in [9.17, 15) is 5.11 Å². The zero-order valence-corrected chi connectivity index (χ0v) is 11.4. The molecule has 1 fully saturated rings. The van der Waals surface area contributed by atoms with E-state index in [4.69, 9.17) is 0 Å². The Morgan fingerprint density at radius 2 is 2.00 bits per heavy atom. The van der Waals surface area contributed by atoms with Crippen molar-refractivity contribution in [2.24, 2.45) is 0 Å². The van der Waals surface area contributed by atoms with Crippen LogP contribution < -0.4 is 0 Å². The molecule has 1 aromatic rings. The maximum atomic E-state index is 9.89. The van der Waals surface area contributed by atoms with Gasteiger partial charge in [-0.3, -0.25) is 4.90 Å². The summed E-state index contributed by atoms with van der Waals surface area (Å²) >= 11 is 0. The lowest BCUT2D eigenvalue weighted by atomic mass is 10.0. The summed E-state index contributed by atoms with van der Waals surface area (Å²) in [4.78, 5) is 4.79. The Balaban J connectivity index is 2.11. The molecule has 100 valence electrons. The van der Waals surface area contributed by atoms with Gasteiger partial charge in [0.05, 0.1) is 6.10 Å². The van der Waals surface area contributed by atoms with E-state index in [1.54, 1.807) is 0 Å². The number of β-amino-alcohol motifs (C(OH)–C–C–N with tert-alkyl or cyclic N) is 1. The predicted octanol–water partition coefficient (Wildman–Crippen LogP) is 1.75. The van der Waals surface area contributed by atoms with Crippen LogP contribution in [0.1, 0.15) is 24.9 Å². The van der Waals surface area contributed by atoms with Crippen molar-refractivity contribution in [3.8, 4) is 0 Å². The van der Waals surface area contributed by atoms with Crippen LogP contribution in [0, 0.1) is 0 Å². The van der Waals surface area contributed by atoms with Gasteiger partial charge in [0.15, 0.2) is 0 Å². The number of piperazine rings is 1. The zero-order valence-electron chi connectivity index (χ0n) is 11.4. The van der Waals surface area contributed by atoms with Crippen molar-refractivity contribution in [3.05, 3.63) is 35.9 Å². The number of aliphatic hydroxyl groups excluding tert-OH is 1. The first kappa shape index (κ1) is 13.5. The molecule has 1 aliphatic rings. The molecule has 1 N–H and O–H groups in total. The third-order valence-corrected chi connectivity index (χ3v) is 3.80. The van der Waals surface area contributed by atoms with Crippen LogP contribution in [0.4, 0.5) is 0 Å². The van der Waals surface area contributed by atoms with E-state index in [1.807, 2.05) is 6.92 Å². The van der Waals surface area contributed by atoms with Crippen molar-refractivity contribution >= 4 is 0 Å². The maximum absolute atomic E-state index is 9.89. The van der Waals surface area contributed by atoms with Gasteiger partial charge in [-0.05, 0) is 19.0 Å². The Morgan fingerprint density at radius 1 is 1.28 bits per heavy atom. The summed E-state index contributed by atoms with van der Waals surface area (Å²) in [7, 11) is 2.17. The van der Waals surface area contributed by atoms with Gasteiger partial charge >= 0.3 is 0 Å². The first-order valence-corrected chi connectivity index (χ1v) is 6.86. The second-order valence-electron chi connectivity index (χ2n) is 5.25. The predicted molar refractivity (Wildman–Crippen MR) is 74.6 cm³/mol. The molecule has 2 atom stereocenters. The molecule has 3 heteroatoms. The van der Waals surface area contributed by atoms with Crippen LogP contribution in [0.5, 0.6) is 0 Å². The van der Waals surface area contributed by atoms with Crippen LogP contribution in [0.25, 0.3) is 0 Å². The number of hydrogen-bond donors (Lipinski definition) is 1. The Bertz CT molecular complexity index is 355. The molecule has 2 rings (SSSR count).